The monoisotopic (exact) mass is 340 g/mol. The first kappa shape index (κ1) is 18.3. The highest BCUT2D eigenvalue weighted by molar-refractivity contribution is 6.00. The van der Waals surface area contributed by atoms with Crippen molar-refractivity contribution in [1.82, 2.24) is 4.98 Å². The molecule has 0 atom stereocenters. The Labute approximate surface area is 146 Å². The van der Waals surface area contributed by atoms with Crippen molar-refractivity contribution in [3.8, 4) is 0 Å². The van der Waals surface area contributed by atoms with Crippen LogP contribution in [0.15, 0.2) is 48.8 Å². The summed E-state index contributed by atoms with van der Waals surface area (Å²) in [5, 5.41) is 2.77. The van der Waals surface area contributed by atoms with E-state index < -0.39 is 5.97 Å². The number of carbonyl (C=O) groups excluding carboxylic acids is 3. The van der Waals surface area contributed by atoms with Gasteiger partial charge in [0.05, 0.1) is 5.56 Å². The number of aromatic nitrogens is 1. The summed E-state index contributed by atoms with van der Waals surface area (Å²) in [4.78, 5) is 39.4. The normalized spacial score (nSPS) is 10.4. The van der Waals surface area contributed by atoms with Gasteiger partial charge >= 0.3 is 5.97 Å². The number of ether oxygens (including phenoxy) is 1. The van der Waals surface area contributed by atoms with Crippen LogP contribution in [-0.2, 0) is 9.53 Å². The van der Waals surface area contributed by atoms with Gasteiger partial charge in [-0.05, 0) is 42.3 Å². The van der Waals surface area contributed by atoms with Crippen molar-refractivity contribution < 1.29 is 19.1 Å². The van der Waals surface area contributed by atoms with Crippen LogP contribution in [-0.4, -0.2) is 29.3 Å². The van der Waals surface area contributed by atoms with Crippen LogP contribution in [0.5, 0.6) is 0 Å². The molecule has 0 aliphatic rings. The molecular formula is C19H20N2O4. The van der Waals surface area contributed by atoms with Crippen molar-refractivity contribution in [2.24, 2.45) is 5.92 Å². The average molecular weight is 340 g/mol. The third kappa shape index (κ3) is 5.84. The topological polar surface area (TPSA) is 85.4 Å². The minimum atomic E-state index is -0.576. The molecule has 1 amide bonds. The lowest BCUT2D eigenvalue weighted by Crippen LogP contribution is -2.15. The molecule has 2 rings (SSSR count). The zero-order valence-electron chi connectivity index (χ0n) is 14.2. The lowest BCUT2D eigenvalue weighted by molar-refractivity contribution is -0.116. The Balaban J connectivity index is 1.88. The predicted molar refractivity (Wildman–Crippen MR) is 93.4 cm³/mol. The Morgan fingerprint density at radius 2 is 1.64 bits per heavy atom. The second-order valence-electron chi connectivity index (χ2n) is 5.96. The second-order valence-corrected chi connectivity index (χ2v) is 5.96. The molecule has 130 valence electrons. The number of hydrogen-bond donors (Lipinski definition) is 1. The molecule has 0 spiro atoms. The Morgan fingerprint density at radius 3 is 2.24 bits per heavy atom. The molecule has 25 heavy (non-hydrogen) atoms. The summed E-state index contributed by atoms with van der Waals surface area (Å²) in [6.45, 7) is 3.59. The van der Waals surface area contributed by atoms with Gasteiger partial charge in [-0.3, -0.25) is 14.6 Å². The summed E-state index contributed by atoms with van der Waals surface area (Å²) < 4.78 is 5.00. The van der Waals surface area contributed by atoms with Crippen LogP contribution in [0.2, 0.25) is 0 Å². The molecule has 0 saturated carbocycles. The predicted octanol–water partition coefficient (Wildman–Crippen LogP) is 3.11. The molecule has 0 unspecified atom stereocenters. The largest absolute Gasteiger partial charge is 0.454 e. The summed E-state index contributed by atoms with van der Waals surface area (Å²) in [5.41, 5.74) is 1.37. The van der Waals surface area contributed by atoms with Crippen LogP contribution >= 0.6 is 0 Å². The van der Waals surface area contributed by atoms with E-state index in [1.54, 1.807) is 24.3 Å². The molecule has 1 aromatic heterocycles. The van der Waals surface area contributed by atoms with Crippen LogP contribution in [0.1, 0.15) is 41.0 Å². The SMILES string of the molecule is CC(C)CC(=O)Nc1ccc(C(=O)COC(=O)c2ccncc2)cc1. The van der Waals surface area contributed by atoms with E-state index in [0.29, 0.717) is 23.2 Å². The number of amides is 1. The Kier molecular flexibility index (Phi) is 6.39. The first-order valence-electron chi connectivity index (χ1n) is 7.96. The van der Waals surface area contributed by atoms with E-state index in [4.69, 9.17) is 4.74 Å². The van der Waals surface area contributed by atoms with E-state index in [0.717, 1.165) is 0 Å². The van der Waals surface area contributed by atoms with Gasteiger partial charge < -0.3 is 10.1 Å². The molecule has 0 bridgehead atoms. The van der Waals surface area contributed by atoms with Gasteiger partial charge in [-0.15, -0.1) is 0 Å². The highest BCUT2D eigenvalue weighted by Gasteiger charge is 2.12. The van der Waals surface area contributed by atoms with E-state index in [1.165, 1.54) is 24.5 Å². The lowest BCUT2D eigenvalue weighted by atomic mass is 10.1. The van der Waals surface area contributed by atoms with E-state index in [9.17, 15) is 14.4 Å². The van der Waals surface area contributed by atoms with Gasteiger partial charge in [0.15, 0.2) is 12.4 Å². The molecule has 6 heteroatoms. The second kappa shape index (κ2) is 8.73. The molecule has 0 saturated heterocycles. The maximum atomic E-state index is 12.1. The number of Topliss-reactive ketones (excluding diaryl/α,β-unsaturated/α-hetero) is 1. The van der Waals surface area contributed by atoms with Gasteiger partial charge in [0.2, 0.25) is 5.91 Å². The number of nitrogens with zero attached hydrogens (tertiary/aromatic N) is 1. The number of hydrogen-bond acceptors (Lipinski definition) is 5. The van der Waals surface area contributed by atoms with Gasteiger partial charge in [0, 0.05) is 30.1 Å². The highest BCUT2D eigenvalue weighted by Crippen LogP contribution is 2.12. The molecular weight excluding hydrogens is 320 g/mol. The van der Waals surface area contributed by atoms with Crippen molar-refractivity contribution in [2.45, 2.75) is 20.3 Å². The minimum Gasteiger partial charge on any atom is -0.454 e. The first-order chi connectivity index (χ1) is 12.0. The van der Waals surface area contributed by atoms with Crippen LogP contribution in [0.25, 0.3) is 0 Å². The number of carbonyl (C=O) groups is 3. The van der Waals surface area contributed by atoms with E-state index in [1.807, 2.05) is 13.8 Å². The summed E-state index contributed by atoms with van der Waals surface area (Å²) >= 11 is 0. The molecule has 0 radical (unpaired) electrons. The third-order valence-electron chi connectivity index (χ3n) is 3.33. The quantitative estimate of drug-likeness (QED) is 0.618. The molecule has 0 fully saturated rings. The number of esters is 1. The Hall–Kier alpha value is -3.02. The Morgan fingerprint density at radius 1 is 1.00 bits per heavy atom. The zero-order chi connectivity index (χ0) is 18.2. The summed E-state index contributed by atoms with van der Waals surface area (Å²) in [5.74, 6) is -0.688. The molecule has 1 N–H and O–H groups in total. The van der Waals surface area contributed by atoms with Crippen LogP contribution in [0.4, 0.5) is 5.69 Å². The van der Waals surface area contributed by atoms with Gasteiger partial charge in [0.25, 0.3) is 0 Å². The van der Waals surface area contributed by atoms with Crippen molar-refractivity contribution in [2.75, 3.05) is 11.9 Å². The van der Waals surface area contributed by atoms with Gasteiger partial charge in [0.1, 0.15) is 0 Å². The number of pyridine rings is 1. The highest BCUT2D eigenvalue weighted by atomic mass is 16.5. The minimum absolute atomic E-state index is 0.0691. The smallest absolute Gasteiger partial charge is 0.338 e. The Bertz CT molecular complexity index is 740. The molecule has 0 aliphatic carbocycles. The maximum absolute atomic E-state index is 12.1. The number of ketones is 1. The maximum Gasteiger partial charge on any atom is 0.338 e. The van der Waals surface area contributed by atoms with Crippen LogP contribution < -0.4 is 5.32 Å². The third-order valence-corrected chi connectivity index (χ3v) is 3.33. The van der Waals surface area contributed by atoms with Crippen molar-refractivity contribution in [3.05, 3.63) is 59.9 Å². The molecule has 2 aromatic rings. The van der Waals surface area contributed by atoms with Gasteiger partial charge in [-0.2, -0.15) is 0 Å². The molecule has 1 aromatic carbocycles. The lowest BCUT2D eigenvalue weighted by Gasteiger charge is -2.08. The van der Waals surface area contributed by atoms with Gasteiger partial charge in [-0.1, -0.05) is 13.8 Å². The van der Waals surface area contributed by atoms with E-state index in [-0.39, 0.29) is 24.2 Å². The molecule has 0 aliphatic heterocycles. The first-order valence-corrected chi connectivity index (χ1v) is 7.96. The van der Waals surface area contributed by atoms with Gasteiger partial charge in [-0.25, -0.2) is 4.79 Å². The molecule has 6 nitrogen and oxygen atoms in total. The summed E-state index contributed by atoms with van der Waals surface area (Å²) in [6, 6.07) is 9.51. The van der Waals surface area contributed by atoms with Crippen molar-refractivity contribution in [1.29, 1.82) is 0 Å². The summed E-state index contributed by atoms with van der Waals surface area (Å²) in [7, 11) is 0. The zero-order valence-corrected chi connectivity index (χ0v) is 14.2. The van der Waals surface area contributed by atoms with Crippen molar-refractivity contribution in [3.63, 3.8) is 0 Å². The number of nitrogens with one attached hydrogen (secondary N) is 1. The summed E-state index contributed by atoms with van der Waals surface area (Å²) in [6.07, 6.45) is 3.39. The van der Waals surface area contributed by atoms with Crippen LogP contribution in [0.3, 0.4) is 0 Å². The van der Waals surface area contributed by atoms with Crippen molar-refractivity contribution >= 4 is 23.3 Å². The fourth-order valence-electron chi connectivity index (χ4n) is 2.11. The fraction of sp³-hybridized carbons (Fsp3) is 0.263. The average Bonchev–Trinajstić information content (AvgIpc) is 2.60. The van der Waals surface area contributed by atoms with E-state index >= 15 is 0 Å². The fourth-order valence-corrected chi connectivity index (χ4v) is 2.11. The van der Waals surface area contributed by atoms with Crippen LogP contribution in [0, 0.1) is 5.92 Å². The molecule has 1 heterocycles. The number of benzene rings is 1. The van der Waals surface area contributed by atoms with E-state index in [2.05, 4.69) is 10.3 Å². The number of rotatable bonds is 7. The number of anilines is 1. The standard InChI is InChI=1S/C19H20N2O4/c1-13(2)11-18(23)21-16-5-3-14(4-6-16)17(22)12-25-19(24)15-7-9-20-10-8-15/h3-10,13H,11-12H2,1-2H3,(H,21,23).